The largest absolute Gasteiger partial charge is 0.383 e. The van der Waals surface area contributed by atoms with Gasteiger partial charge in [0.1, 0.15) is 11.9 Å². The molecule has 0 aromatic carbocycles. The van der Waals surface area contributed by atoms with E-state index < -0.39 is 55.6 Å². The van der Waals surface area contributed by atoms with Crippen LogP contribution in [-0.2, 0) is 30.1 Å². The van der Waals surface area contributed by atoms with Crippen molar-refractivity contribution in [3.05, 3.63) is 22.7 Å². The molecule has 2 N–H and O–H groups in total. The molecule has 0 amide bonds. The van der Waals surface area contributed by atoms with Crippen LogP contribution >= 0.6 is 6.72 Å². The molecule has 8 nitrogen and oxygen atoms in total. The predicted octanol–water partition coefficient (Wildman–Crippen LogP) is 1.76. The molecule has 26 heavy (non-hydrogen) atoms. The third-order valence-electron chi connectivity index (χ3n) is 3.91. The van der Waals surface area contributed by atoms with Crippen molar-refractivity contribution < 1.29 is 31.5 Å². The van der Waals surface area contributed by atoms with Gasteiger partial charge in [0.15, 0.2) is 18.0 Å². The van der Waals surface area contributed by atoms with Crippen molar-refractivity contribution in [1.29, 1.82) is 0 Å². The molecule has 1 aromatic heterocycles. The summed E-state index contributed by atoms with van der Waals surface area (Å²) >= 11 is 5.12. The maximum Gasteiger partial charge on any atom is 0.351 e. The number of aromatic nitrogens is 2. The highest BCUT2D eigenvalue weighted by Gasteiger charge is 2.67. The van der Waals surface area contributed by atoms with E-state index in [1.165, 1.54) is 6.07 Å². The summed E-state index contributed by atoms with van der Waals surface area (Å²) in [5.41, 5.74) is 2.02. The fourth-order valence-corrected chi connectivity index (χ4v) is 5.34. The first-order chi connectivity index (χ1) is 12.1. The minimum Gasteiger partial charge on any atom is -0.383 e. The summed E-state index contributed by atoms with van der Waals surface area (Å²) in [6.45, 7) is -0.871. The molecule has 0 aliphatic carbocycles. The third-order valence-corrected chi connectivity index (χ3v) is 6.35. The molecule has 146 valence electrons. The third kappa shape index (κ3) is 3.30. The summed E-state index contributed by atoms with van der Waals surface area (Å²) in [7, 11) is 0. The molecule has 0 radical (unpaired) electrons. The highest BCUT2D eigenvalue weighted by molar-refractivity contribution is 8.07. The number of fused-ring (bicyclic) bond motifs is 1. The number of nitrogens with two attached hydrogens (primary N) is 1. The van der Waals surface area contributed by atoms with Gasteiger partial charge in [-0.15, -0.1) is 0 Å². The zero-order valence-electron chi connectivity index (χ0n) is 13.8. The Kier molecular flexibility index (Phi) is 5.19. The minimum atomic E-state index is -3.44. The van der Waals surface area contributed by atoms with E-state index in [1.807, 2.05) is 0 Å². The molecular weight excluding hydrogens is 398 g/mol. The molecule has 2 fully saturated rings. The van der Waals surface area contributed by atoms with Crippen molar-refractivity contribution >= 4 is 24.3 Å². The van der Waals surface area contributed by atoms with Gasteiger partial charge in [0, 0.05) is 6.20 Å². The molecule has 0 spiro atoms. The van der Waals surface area contributed by atoms with Crippen LogP contribution in [0.1, 0.15) is 20.1 Å². The Labute approximate surface area is 151 Å². The molecule has 2 aliphatic rings. The Balaban J connectivity index is 1.97. The predicted molar refractivity (Wildman–Crippen MR) is 88.0 cm³/mol. The van der Waals surface area contributed by atoms with Crippen molar-refractivity contribution in [3.8, 4) is 0 Å². The van der Waals surface area contributed by atoms with Gasteiger partial charge in [-0.3, -0.25) is 9.09 Å². The molecule has 2 saturated heterocycles. The highest BCUT2D eigenvalue weighted by atomic mass is 32.5. The number of ether oxygens (including phenoxy) is 1. The first-order valence-corrected chi connectivity index (χ1v) is 10.2. The Hall–Kier alpha value is -1.04. The zero-order valence-corrected chi connectivity index (χ0v) is 15.5. The topological polar surface area (TPSA) is 97.8 Å². The lowest BCUT2D eigenvalue weighted by Gasteiger charge is -2.41. The van der Waals surface area contributed by atoms with E-state index in [0.717, 1.165) is 10.8 Å². The van der Waals surface area contributed by atoms with Gasteiger partial charge < -0.3 is 19.5 Å². The van der Waals surface area contributed by atoms with Gasteiger partial charge in [-0.1, -0.05) is 0 Å². The Morgan fingerprint density at radius 1 is 1.54 bits per heavy atom. The van der Waals surface area contributed by atoms with E-state index >= 15 is 4.39 Å². The van der Waals surface area contributed by atoms with Crippen LogP contribution in [0.2, 0.25) is 0 Å². The van der Waals surface area contributed by atoms with Crippen molar-refractivity contribution in [2.75, 3.05) is 12.3 Å². The Bertz CT molecular complexity index is 797. The van der Waals surface area contributed by atoms with E-state index in [1.54, 1.807) is 13.8 Å². The van der Waals surface area contributed by atoms with Crippen LogP contribution < -0.4 is 11.4 Å². The molecule has 1 unspecified atom stereocenters. The molecule has 1 aromatic rings. The molecule has 3 heterocycles. The van der Waals surface area contributed by atoms with E-state index in [-0.39, 0.29) is 5.82 Å². The number of halogens is 3. The number of nitrogen functional groups attached to an aromatic ring is 1. The van der Waals surface area contributed by atoms with Gasteiger partial charge in [0.25, 0.3) is 6.43 Å². The van der Waals surface area contributed by atoms with Gasteiger partial charge >= 0.3 is 12.4 Å². The second-order valence-electron chi connectivity index (χ2n) is 6.15. The summed E-state index contributed by atoms with van der Waals surface area (Å²) < 4.78 is 64.5. The zero-order chi connectivity index (χ0) is 19.3. The monoisotopic (exact) mass is 415 g/mol. The molecule has 0 saturated carbocycles. The number of alkyl halides is 3. The van der Waals surface area contributed by atoms with Crippen molar-refractivity contribution in [2.45, 2.75) is 50.5 Å². The maximum atomic E-state index is 15.0. The number of hydrogen-bond donors (Lipinski definition) is 1. The van der Waals surface area contributed by atoms with Crippen LogP contribution in [0.25, 0.3) is 0 Å². The second-order valence-corrected chi connectivity index (χ2v) is 9.07. The highest BCUT2D eigenvalue weighted by Crippen LogP contribution is 2.61. The Morgan fingerprint density at radius 3 is 2.81 bits per heavy atom. The maximum absolute atomic E-state index is 15.0. The van der Waals surface area contributed by atoms with Crippen LogP contribution in [-0.4, -0.2) is 46.6 Å². The molecule has 13 heteroatoms. The van der Waals surface area contributed by atoms with E-state index in [9.17, 15) is 13.6 Å². The smallest absolute Gasteiger partial charge is 0.351 e. The summed E-state index contributed by atoms with van der Waals surface area (Å²) in [5.74, 6) is -0.0962. The molecule has 2 aliphatic heterocycles. The first-order valence-electron chi connectivity index (χ1n) is 7.64. The summed E-state index contributed by atoms with van der Waals surface area (Å²) in [6.07, 6.45) is -8.06. The van der Waals surface area contributed by atoms with Gasteiger partial charge in [-0.2, -0.15) is 4.98 Å². The summed E-state index contributed by atoms with van der Waals surface area (Å²) in [4.78, 5) is 15.4. The molecular formula is C13H17F3N3O5PS. The summed E-state index contributed by atoms with van der Waals surface area (Å²) in [5, 5.41) is 0. The second kappa shape index (κ2) is 6.84. The van der Waals surface area contributed by atoms with Crippen LogP contribution in [0.15, 0.2) is 17.1 Å². The van der Waals surface area contributed by atoms with Crippen molar-refractivity contribution in [1.82, 2.24) is 9.55 Å². The lowest BCUT2D eigenvalue weighted by molar-refractivity contribution is -0.204. The van der Waals surface area contributed by atoms with Crippen molar-refractivity contribution in [3.63, 3.8) is 0 Å². The van der Waals surface area contributed by atoms with Crippen LogP contribution in [0, 0.1) is 0 Å². The Morgan fingerprint density at radius 2 is 2.23 bits per heavy atom. The average Bonchev–Trinajstić information content (AvgIpc) is 2.80. The normalized spacial score (nSPS) is 37.3. The van der Waals surface area contributed by atoms with Gasteiger partial charge in [0.2, 0.25) is 0 Å². The number of anilines is 1. The SMILES string of the molecule is CC(C)OP1(=S)OC[C@@]2(C(F)F)O[C@@H](n3ccc(N)nc3=O)[C@@H](F)[C@@H]2O1. The van der Waals surface area contributed by atoms with Gasteiger partial charge in [0.05, 0.1) is 12.7 Å². The number of nitrogens with zero attached hydrogens (tertiary/aromatic N) is 2. The average molecular weight is 415 g/mol. The fourth-order valence-electron chi connectivity index (χ4n) is 2.77. The molecule has 5 atom stereocenters. The van der Waals surface area contributed by atoms with Crippen molar-refractivity contribution in [2.24, 2.45) is 0 Å². The van der Waals surface area contributed by atoms with E-state index in [4.69, 9.17) is 35.8 Å². The standard InChI is InChI=1S/C13H17F3N3O5PS/c1-6(2)23-25(26)21-5-13(11(15)16)9(24-25)8(14)10(22-13)19-4-3-7(17)18-12(19)20/h3-4,6,8-11H,5H2,1-2H3,(H2,17,18,20)/t8-,9-,10+,13+,25?/m0/s1. The van der Waals surface area contributed by atoms with Crippen LogP contribution in [0.4, 0.5) is 19.0 Å². The van der Waals surface area contributed by atoms with E-state index in [0.29, 0.717) is 0 Å². The first kappa shape index (κ1) is 19.7. The van der Waals surface area contributed by atoms with Crippen LogP contribution in [0.3, 0.4) is 0 Å². The van der Waals surface area contributed by atoms with Crippen LogP contribution in [0.5, 0.6) is 0 Å². The minimum absolute atomic E-state index is 0.0962. The number of rotatable bonds is 4. The fraction of sp³-hybridized carbons (Fsp3) is 0.692. The van der Waals surface area contributed by atoms with E-state index in [2.05, 4.69) is 4.98 Å². The molecule has 3 rings (SSSR count). The van der Waals surface area contributed by atoms with Gasteiger partial charge in [-0.05, 0) is 31.7 Å². The summed E-state index contributed by atoms with van der Waals surface area (Å²) in [6, 6.07) is 1.22. The lowest BCUT2D eigenvalue weighted by atomic mass is 9.97. The quantitative estimate of drug-likeness (QED) is 0.743. The number of hydrogen-bond acceptors (Lipinski definition) is 8. The lowest BCUT2D eigenvalue weighted by Crippen LogP contribution is -2.55. The van der Waals surface area contributed by atoms with Gasteiger partial charge in [-0.25, -0.2) is 18.0 Å². The molecule has 0 bridgehead atoms.